The summed E-state index contributed by atoms with van der Waals surface area (Å²) in [6.45, 7) is 0.914. The van der Waals surface area contributed by atoms with Crippen molar-refractivity contribution in [2.45, 2.75) is 50.6 Å². The topological polar surface area (TPSA) is 114 Å². The number of aryl methyl sites for hydroxylation is 1. The van der Waals surface area contributed by atoms with E-state index < -0.39 is 0 Å². The number of likely N-dealkylation sites (tertiary alicyclic amines) is 1. The summed E-state index contributed by atoms with van der Waals surface area (Å²) in [6, 6.07) is 6.71. The zero-order chi connectivity index (χ0) is 23.2. The number of nitrogens with zero attached hydrogens (tertiary/aromatic N) is 6. The Bertz CT molecular complexity index is 1370. The van der Waals surface area contributed by atoms with E-state index in [0.29, 0.717) is 30.2 Å². The molecule has 176 valence electrons. The van der Waals surface area contributed by atoms with Crippen molar-refractivity contribution in [1.29, 1.82) is 0 Å². The molecule has 3 aromatic heterocycles. The molecule has 0 bridgehead atoms. The minimum absolute atomic E-state index is 0.283. The Morgan fingerprint density at radius 1 is 1.18 bits per heavy atom. The number of hydrogen-bond acceptors (Lipinski definition) is 7. The smallest absolute Gasteiger partial charge is 0.228 e. The van der Waals surface area contributed by atoms with Crippen LogP contribution < -0.4 is 10.1 Å². The Labute approximate surface area is 196 Å². The van der Waals surface area contributed by atoms with Gasteiger partial charge in [-0.3, -0.25) is 4.79 Å². The van der Waals surface area contributed by atoms with Crippen LogP contribution in [-0.4, -0.2) is 66.5 Å². The lowest BCUT2D eigenvalue weighted by Gasteiger charge is -2.34. The minimum Gasteiger partial charge on any atom is -0.480 e. The second-order valence-electron chi connectivity index (χ2n) is 9.24. The number of rotatable bonds is 5. The van der Waals surface area contributed by atoms with Crippen LogP contribution in [0.15, 0.2) is 24.4 Å². The standard InChI is InChI=1S/C24H28N8O2/c1-31-19-12-14(5-10-18(19)29-30-31)17-13-25-22-21(17)23(34-2)28-24(27-22)26-15-6-8-16(9-7-15)32-11-3-4-20(32)33/h5,10,12-13,15-16H,3-4,6-9,11H2,1-2H3,(H2,25,26,27,28). The molecular formula is C24H28N8O2. The molecule has 1 aliphatic heterocycles. The van der Waals surface area contributed by atoms with Gasteiger partial charge in [-0.05, 0) is 49.8 Å². The largest absolute Gasteiger partial charge is 0.480 e. The predicted molar refractivity (Wildman–Crippen MR) is 129 cm³/mol. The fourth-order valence-electron chi connectivity index (χ4n) is 5.41. The Hall–Kier alpha value is -3.69. The van der Waals surface area contributed by atoms with Gasteiger partial charge < -0.3 is 19.9 Å². The van der Waals surface area contributed by atoms with Gasteiger partial charge in [0.2, 0.25) is 17.7 Å². The second-order valence-corrected chi connectivity index (χ2v) is 9.24. The number of nitrogens with one attached hydrogen (secondary N) is 2. The first-order valence-corrected chi connectivity index (χ1v) is 11.9. The summed E-state index contributed by atoms with van der Waals surface area (Å²) in [7, 11) is 3.52. The zero-order valence-electron chi connectivity index (χ0n) is 19.4. The number of amides is 1. The number of carbonyl (C=O) groups is 1. The van der Waals surface area contributed by atoms with E-state index in [9.17, 15) is 4.79 Å². The van der Waals surface area contributed by atoms with Crippen LogP contribution in [0.25, 0.3) is 33.2 Å². The normalized spacial score (nSPS) is 21.0. The van der Waals surface area contributed by atoms with Crippen LogP contribution >= 0.6 is 0 Å². The van der Waals surface area contributed by atoms with Crippen molar-refractivity contribution in [1.82, 2.24) is 34.8 Å². The highest BCUT2D eigenvalue weighted by atomic mass is 16.5. The molecule has 34 heavy (non-hydrogen) atoms. The van der Waals surface area contributed by atoms with Crippen molar-refractivity contribution < 1.29 is 9.53 Å². The highest BCUT2D eigenvalue weighted by Crippen LogP contribution is 2.36. The number of fused-ring (bicyclic) bond motifs is 2. The molecule has 2 aliphatic rings. The summed E-state index contributed by atoms with van der Waals surface area (Å²) in [5, 5.41) is 12.6. The number of H-pyrrole nitrogens is 1. The zero-order valence-corrected chi connectivity index (χ0v) is 19.4. The van der Waals surface area contributed by atoms with Gasteiger partial charge in [0.25, 0.3) is 0 Å². The molecule has 0 radical (unpaired) electrons. The van der Waals surface area contributed by atoms with E-state index >= 15 is 0 Å². The van der Waals surface area contributed by atoms with Gasteiger partial charge in [0.15, 0.2) is 0 Å². The van der Waals surface area contributed by atoms with Crippen molar-refractivity contribution in [3.8, 4) is 17.0 Å². The third-order valence-electron chi connectivity index (χ3n) is 7.19. The summed E-state index contributed by atoms with van der Waals surface area (Å²) >= 11 is 0. The third-order valence-corrected chi connectivity index (χ3v) is 7.19. The van der Waals surface area contributed by atoms with E-state index in [0.717, 1.165) is 71.8 Å². The number of aromatic nitrogens is 6. The second kappa shape index (κ2) is 8.27. The third kappa shape index (κ3) is 3.53. The van der Waals surface area contributed by atoms with Crippen LogP contribution in [0.3, 0.4) is 0 Å². The fourth-order valence-corrected chi connectivity index (χ4v) is 5.41. The van der Waals surface area contributed by atoms with Crippen LogP contribution in [0, 0.1) is 0 Å². The van der Waals surface area contributed by atoms with Gasteiger partial charge in [-0.1, -0.05) is 11.3 Å². The summed E-state index contributed by atoms with van der Waals surface area (Å²) in [5.74, 6) is 1.41. The Morgan fingerprint density at radius 2 is 2.03 bits per heavy atom. The van der Waals surface area contributed by atoms with Crippen LogP contribution in [0.4, 0.5) is 5.95 Å². The molecule has 1 aliphatic carbocycles. The molecular weight excluding hydrogens is 432 g/mol. The van der Waals surface area contributed by atoms with Crippen LogP contribution in [0.1, 0.15) is 38.5 Å². The van der Waals surface area contributed by atoms with Gasteiger partial charge in [-0.2, -0.15) is 9.97 Å². The quantitative estimate of drug-likeness (QED) is 0.470. The lowest BCUT2D eigenvalue weighted by Crippen LogP contribution is -2.41. The van der Waals surface area contributed by atoms with Crippen molar-refractivity contribution in [3.05, 3.63) is 24.4 Å². The van der Waals surface area contributed by atoms with E-state index in [1.54, 1.807) is 11.8 Å². The number of hydrogen-bond donors (Lipinski definition) is 2. The SMILES string of the molecule is COc1nc(NC2CCC(N3CCCC3=O)CC2)nc2[nH]cc(-c3ccc4nnn(C)c4c3)c12. The molecule has 2 N–H and O–H groups in total. The Morgan fingerprint density at radius 3 is 2.79 bits per heavy atom. The van der Waals surface area contributed by atoms with Gasteiger partial charge in [-0.25, -0.2) is 4.68 Å². The first-order valence-electron chi connectivity index (χ1n) is 11.9. The monoisotopic (exact) mass is 460 g/mol. The molecule has 4 heterocycles. The number of aromatic amines is 1. The molecule has 0 spiro atoms. The lowest BCUT2D eigenvalue weighted by atomic mass is 9.90. The number of methoxy groups -OCH3 is 1. The molecule has 0 atom stereocenters. The van der Waals surface area contributed by atoms with Crippen LogP contribution in [-0.2, 0) is 11.8 Å². The van der Waals surface area contributed by atoms with Crippen molar-refractivity contribution in [2.24, 2.45) is 7.05 Å². The maximum absolute atomic E-state index is 12.1. The molecule has 6 rings (SSSR count). The van der Waals surface area contributed by atoms with E-state index in [1.165, 1.54) is 0 Å². The van der Waals surface area contributed by atoms with Crippen LogP contribution in [0.5, 0.6) is 5.88 Å². The minimum atomic E-state index is 0.283. The molecule has 1 amide bonds. The number of ether oxygens (including phenoxy) is 1. The summed E-state index contributed by atoms with van der Waals surface area (Å²) < 4.78 is 7.45. The maximum Gasteiger partial charge on any atom is 0.228 e. The van der Waals surface area contributed by atoms with E-state index in [4.69, 9.17) is 14.7 Å². The molecule has 4 aromatic rings. The fraction of sp³-hybridized carbons (Fsp3) is 0.458. The molecule has 1 saturated heterocycles. The van der Waals surface area contributed by atoms with Gasteiger partial charge in [0, 0.05) is 43.9 Å². The molecule has 1 aromatic carbocycles. The summed E-state index contributed by atoms with van der Waals surface area (Å²) in [4.78, 5) is 26.9. The molecule has 1 saturated carbocycles. The Balaban J connectivity index is 1.24. The van der Waals surface area contributed by atoms with E-state index in [2.05, 4.69) is 31.6 Å². The highest BCUT2D eigenvalue weighted by Gasteiger charge is 2.31. The van der Waals surface area contributed by atoms with Gasteiger partial charge >= 0.3 is 0 Å². The average molecular weight is 461 g/mol. The number of benzene rings is 1. The van der Waals surface area contributed by atoms with Crippen molar-refractivity contribution in [2.75, 3.05) is 19.0 Å². The molecule has 0 unspecified atom stereocenters. The van der Waals surface area contributed by atoms with Crippen molar-refractivity contribution in [3.63, 3.8) is 0 Å². The Kier molecular flexibility index (Phi) is 5.08. The van der Waals surface area contributed by atoms with E-state index in [1.807, 2.05) is 25.4 Å². The molecule has 10 nitrogen and oxygen atoms in total. The highest BCUT2D eigenvalue weighted by molar-refractivity contribution is 5.99. The summed E-state index contributed by atoms with van der Waals surface area (Å²) in [5.41, 5.74) is 4.52. The predicted octanol–water partition coefficient (Wildman–Crippen LogP) is 3.26. The molecule has 10 heteroatoms. The average Bonchev–Trinajstić information content (AvgIpc) is 3.57. The summed E-state index contributed by atoms with van der Waals surface area (Å²) in [6.07, 6.45) is 7.66. The number of anilines is 1. The number of carbonyl (C=O) groups excluding carboxylic acids is 1. The maximum atomic E-state index is 12.1. The molecule has 2 fully saturated rings. The van der Waals surface area contributed by atoms with E-state index in [-0.39, 0.29) is 6.04 Å². The first kappa shape index (κ1) is 20.9. The first-order chi connectivity index (χ1) is 16.6. The van der Waals surface area contributed by atoms with Crippen LogP contribution in [0.2, 0.25) is 0 Å². The van der Waals surface area contributed by atoms with Gasteiger partial charge in [0.05, 0.1) is 18.0 Å². The van der Waals surface area contributed by atoms with Gasteiger partial charge in [0.1, 0.15) is 11.2 Å². The van der Waals surface area contributed by atoms with Crippen molar-refractivity contribution >= 4 is 33.9 Å². The van der Waals surface area contributed by atoms with Gasteiger partial charge in [-0.15, -0.1) is 5.10 Å². The lowest BCUT2D eigenvalue weighted by molar-refractivity contribution is -0.130.